The number of ether oxygens (including phenoxy) is 1. The van der Waals surface area contributed by atoms with Gasteiger partial charge in [-0.15, -0.1) is 0 Å². The van der Waals surface area contributed by atoms with Gasteiger partial charge in [0.25, 0.3) is 0 Å². The largest absolute Gasteiger partial charge is 0.497 e. The van der Waals surface area contributed by atoms with Gasteiger partial charge in [0.1, 0.15) is 5.76 Å². The SMILES string of the molecule is C=C(OC)c1cncc(C(C)(C)C)c1. The molecule has 0 spiro atoms. The van der Waals surface area contributed by atoms with E-state index in [0.29, 0.717) is 5.76 Å². The van der Waals surface area contributed by atoms with Gasteiger partial charge in [0.15, 0.2) is 0 Å². The van der Waals surface area contributed by atoms with E-state index in [-0.39, 0.29) is 5.41 Å². The van der Waals surface area contributed by atoms with Crippen LogP contribution < -0.4 is 0 Å². The van der Waals surface area contributed by atoms with E-state index in [2.05, 4.69) is 38.4 Å². The molecule has 1 aromatic rings. The van der Waals surface area contributed by atoms with Crippen LogP contribution in [0, 0.1) is 0 Å². The highest BCUT2D eigenvalue weighted by Gasteiger charge is 2.14. The van der Waals surface area contributed by atoms with Crippen molar-refractivity contribution in [2.24, 2.45) is 0 Å². The second-order valence-corrected chi connectivity index (χ2v) is 4.34. The number of hydrogen-bond donors (Lipinski definition) is 0. The number of hydrogen-bond acceptors (Lipinski definition) is 2. The van der Waals surface area contributed by atoms with Crippen molar-refractivity contribution in [1.29, 1.82) is 0 Å². The van der Waals surface area contributed by atoms with Crippen molar-refractivity contribution in [1.82, 2.24) is 4.98 Å². The number of rotatable bonds is 2. The Morgan fingerprint density at radius 3 is 2.50 bits per heavy atom. The molecule has 1 heterocycles. The van der Waals surface area contributed by atoms with Gasteiger partial charge in [-0.1, -0.05) is 27.4 Å². The van der Waals surface area contributed by atoms with E-state index in [1.54, 1.807) is 13.3 Å². The van der Waals surface area contributed by atoms with Crippen molar-refractivity contribution in [3.8, 4) is 0 Å². The van der Waals surface area contributed by atoms with E-state index >= 15 is 0 Å². The molecule has 2 nitrogen and oxygen atoms in total. The molecule has 0 saturated carbocycles. The van der Waals surface area contributed by atoms with E-state index in [1.165, 1.54) is 5.56 Å². The number of aromatic nitrogens is 1. The molecule has 0 aliphatic heterocycles. The summed E-state index contributed by atoms with van der Waals surface area (Å²) in [6, 6.07) is 2.07. The van der Waals surface area contributed by atoms with Crippen LogP contribution in [0.25, 0.3) is 5.76 Å². The predicted molar refractivity (Wildman–Crippen MR) is 59.0 cm³/mol. The molecular weight excluding hydrogens is 174 g/mol. The Bertz CT molecular complexity index is 336. The molecule has 2 heteroatoms. The standard InChI is InChI=1S/C12H17NO/c1-9(14-5)10-6-11(8-13-7-10)12(2,3)4/h6-8H,1H2,2-5H3. The van der Waals surface area contributed by atoms with Crippen LogP contribution in [0.4, 0.5) is 0 Å². The number of methoxy groups -OCH3 is 1. The fourth-order valence-corrected chi connectivity index (χ4v) is 1.12. The second-order valence-electron chi connectivity index (χ2n) is 4.34. The highest BCUT2D eigenvalue weighted by atomic mass is 16.5. The normalized spacial score (nSPS) is 11.1. The van der Waals surface area contributed by atoms with Crippen LogP contribution in [0.15, 0.2) is 25.0 Å². The summed E-state index contributed by atoms with van der Waals surface area (Å²) in [5, 5.41) is 0. The molecule has 76 valence electrons. The molecule has 14 heavy (non-hydrogen) atoms. The van der Waals surface area contributed by atoms with Crippen LogP contribution in [0.3, 0.4) is 0 Å². The van der Waals surface area contributed by atoms with Crippen LogP contribution in [0.5, 0.6) is 0 Å². The Morgan fingerprint density at radius 2 is 2.00 bits per heavy atom. The summed E-state index contributed by atoms with van der Waals surface area (Å²) in [6.07, 6.45) is 3.65. The van der Waals surface area contributed by atoms with Crippen LogP contribution >= 0.6 is 0 Å². The first kappa shape index (κ1) is 10.8. The molecule has 1 rings (SSSR count). The molecule has 0 aromatic carbocycles. The van der Waals surface area contributed by atoms with Crippen LogP contribution in [0.1, 0.15) is 31.9 Å². The third-order valence-corrected chi connectivity index (χ3v) is 2.17. The fourth-order valence-electron chi connectivity index (χ4n) is 1.12. The van der Waals surface area contributed by atoms with Gasteiger partial charge in [0.2, 0.25) is 0 Å². The van der Waals surface area contributed by atoms with E-state index < -0.39 is 0 Å². The summed E-state index contributed by atoms with van der Waals surface area (Å²) in [4.78, 5) is 4.18. The topological polar surface area (TPSA) is 22.1 Å². The minimum atomic E-state index is 0.108. The van der Waals surface area contributed by atoms with E-state index in [0.717, 1.165) is 5.56 Å². The first-order valence-corrected chi connectivity index (χ1v) is 4.64. The van der Waals surface area contributed by atoms with Gasteiger partial charge in [0, 0.05) is 18.0 Å². The van der Waals surface area contributed by atoms with Crippen molar-refractivity contribution in [3.63, 3.8) is 0 Å². The average molecular weight is 191 g/mol. The lowest BCUT2D eigenvalue weighted by Crippen LogP contribution is -2.11. The third kappa shape index (κ3) is 2.34. The Morgan fingerprint density at radius 1 is 1.36 bits per heavy atom. The molecule has 0 fully saturated rings. The molecule has 0 radical (unpaired) electrons. The smallest absolute Gasteiger partial charge is 0.120 e. The third-order valence-electron chi connectivity index (χ3n) is 2.17. The first-order chi connectivity index (χ1) is 6.45. The first-order valence-electron chi connectivity index (χ1n) is 4.64. The number of pyridine rings is 1. The zero-order valence-corrected chi connectivity index (χ0v) is 9.29. The Balaban J connectivity index is 3.08. The summed E-state index contributed by atoms with van der Waals surface area (Å²) in [5.41, 5.74) is 2.24. The summed E-state index contributed by atoms with van der Waals surface area (Å²) < 4.78 is 5.07. The Labute approximate surface area is 85.6 Å². The molecule has 0 N–H and O–H groups in total. The van der Waals surface area contributed by atoms with Gasteiger partial charge in [0.05, 0.1) is 7.11 Å². The monoisotopic (exact) mass is 191 g/mol. The highest BCUT2D eigenvalue weighted by Crippen LogP contribution is 2.23. The zero-order valence-electron chi connectivity index (χ0n) is 9.29. The zero-order chi connectivity index (χ0) is 10.8. The summed E-state index contributed by atoms with van der Waals surface area (Å²) >= 11 is 0. The van der Waals surface area contributed by atoms with Crippen molar-refractivity contribution >= 4 is 5.76 Å². The molecule has 0 aliphatic carbocycles. The van der Waals surface area contributed by atoms with Gasteiger partial charge in [-0.3, -0.25) is 4.98 Å². The Kier molecular flexibility index (Phi) is 2.94. The lowest BCUT2D eigenvalue weighted by molar-refractivity contribution is 0.371. The van der Waals surface area contributed by atoms with E-state index in [1.807, 2.05) is 6.20 Å². The molecule has 0 atom stereocenters. The maximum atomic E-state index is 5.07. The second kappa shape index (κ2) is 3.82. The summed E-state index contributed by atoms with van der Waals surface area (Å²) in [7, 11) is 1.62. The quantitative estimate of drug-likeness (QED) is 0.670. The molecule has 0 saturated heterocycles. The van der Waals surface area contributed by atoms with Gasteiger partial charge < -0.3 is 4.74 Å². The highest BCUT2D eigenvalue weighted by molar-refractivity contribution is 5.57. The number of nitrogens with zero attached hydrogens (tertiary/aromatic N) is 1. The lowest BCUT2D eigenvalue weighted by Gasteiger charge is -2.19. The molecule has 0 bridgehead atoms. The van der Waals surface area contributed by atoms with Crippen molar-refractivity contribution < 1.29 is 4.74 Å². The molecule has 1 aromatic heterocycles. The summed E-state index contributed by atoms with van der Waals surface area (Å²) in [6.45, 7) is 10.3. The fraction of sp³-hybridized carbons (Fsp3) is 0.417. The molecule has 0 amide bonds. The lowest BCUT2D eigenvalue weighted by atomic mass is 9.87. The predicted octanol–water partition coefficient (Wildman–Crippen LogP) is 3.00. The molecule has 0 aliphatic rings. The van der Waals surface area contributed by atoms with Gasteiger partial charge in [-0.05, 0) is 17.0 Å². The Hall–Kier alpha value is -1.31. The van der Waals surface area contributed by atoms with Crippen molar-refractivity contribution in [2.45, 2.75) is 26.2 Å². The van der Waals surface area contributed by atoms with Gasteiger partial charge in [-0.25, -0.2) is 0 Å². The van der Waals surface area contributed by atoms with E-state index in [9.17, 15) is 0 Å². The van der Waals surface area contributed by atoms with Crippen molar-refractivity contribution in [2.75, 3.05) is 7.11 Å². The van der Waals surface area contributed by atoms with Gasteiger partial charge >= 0.3 is 0 Å². The average Bonchev–Trinajstić information content (AvgIpc) is 2.15. The maximum absolute atomic E-state index is 5.07. The summed E-state index contributed by atoms with van der Waals surface area (Å²) in [5.74, 6) is 0.656. The van der Waals surface area contributed by atoms with Crippen LogP contribution in [0.2, 0.25) is 0 Å². The molecule has 0 unspecified atom stereocenters. The minimum absolute atomic E-state index is 0.108. The van der Waals surface area contributed by atoms with Gasteiger partial charge in [-0.2, -0.15) is 0 Å². The van der Waals surface area contributed by atoms with Crippen molar-refractivity contribution in [3.05, 3.63) is 36.2 Å². The van der Waals surface area contributed by atoms with Crippen LogP contribution in [-0.4, -0.2) is 12.1 Å². The minimum Gasteiger partial charge on any atom is -0.497 e. The maximum Gasteiger partial charge on any atom is 0.120 e. The van der Waals surface area contributed by atoms with E-state index in [4.69, 9.17) is 4.74 Å². The van der Waals surface area contributed by atoms with Crippen LogP contribution in [-0.2, 0) is 10.2 Å². The molecular formula is C12H17NO.